The number of halogens is 1. The number of benzene rings is 1. The molecule has 0 radical (unpaired) electrons. The molecular weight excluding hydrogens is 251 g/mol. The summed E-state index contributed by atoms with van der Waals surface area (Å²) in [7, 11) is 1.22. The van der Waals surface area contributed by atoms with E-state index in [0.717, 1.165) is 6.07 Å². The number of hydrogen-bond donors (Lipinski definition) is 0. The SMILES string of the molecule is CCOc1ccc(C(=O)C(CC)C(=O)OC)cc1F. The molecule has 1 rings (SSSR count). The lowest BCUT2D eigenvalue weighted by Crippen LogP contribution is -2.24. The summed E-state index contributed by atoms with van der Waals surface area (Å²) in [6.07, 6.45) is 0.306. The normalized spacial score (nSPS) is 11.8. The number of rotatable bonds is 6. The van der Waals surface area contributed by atoms with E-state index in [2.05, 4.69) is 4.74 Å². The molecule has 0 aliphatic carbocycles. The molecule has 5 heteroatoms. The van der Waals surface area contributed by atoms with Crippen molar-refractivity contribution in [3.05, 3.63) is 29.6 Å². The van der Waals surface area contributed by atoms with Crippen LogP contribution in [0.4, 0.5) is 4.39 Å². The summed E-state index contributed by atoms with van der Waals surface area (Å²) in [6, 6.07) is 3.91. The molecule has 19 heavy (non-hydrogen) atoms. The highest BCUT2D eigenvalue weighted by Gasteiger charge is 2.27. The number of carbonyl (C=O) groups is 2. The van der Waals surface area contributed by atoms with Crippen molar-refractivity contribution in [2.24, 2.45) is 5.92 Å². The molecule has 0 amide bonds. The molecule has 0 fully saturated rings. The van der Waals surface area contributed by atoms with Gasteiger partial charge < -0.3 is 9.47 Å². The Morgan fingerprint density at radius 3 is 2.47 bits per heavy atom. The van der Waals surface area contributed by atoms with Crippen molar-refractivity contribution >= 4 is 11.8 Å². The average Bonchev–Trinajstić information content (AvgIpc) is 2.41. The Balaban J connectivity index is 2.99. The first-order valence-electron chi connectivity index (χ1n) is 6.09. The predicted octanol–water partition coefficient (Wildman–Crippen LogP) is 2.61. The fourth-order valence-corrected chi connectivity index (χ4v) is 1.73. The summed E-state index contributed by atoms with van der Waals surface area (Å²) in [4.78, 5) is 23.5. The van der Waals surface area contributed by atoms with Crippen LogP contribution in [0.3, 0.4) is 0 Å². The molecule has 0 bridgehead atoms. The first-order valence-corrected chi connectivity index (χ1v) is 6.09. The summed E-state index contributed by atoms with van der Waals surface area (Å²) < 4.78 is 23.3. The fourth-order valence-electron chi connectivity index (χ4n) is 1.73. The first kappa shape index (κ1) is 15.1. The summed E-state index contributed by atoms with van der Waals surface area (Å²) in [5.74, 6) is -2.49. The topological polar surface area (TPSA) is 52.6 Å². The third-order valence-electron chi connectivity index (χ3n) is 2.73. The number of hydrogen-bond acceptors (Lipinski definition) is 4. The molecule has 1 aromatic carbocycles. The summed E-state index contributed by atoms with van der Waals surface area (Å²) in [6.45, 7) is 3.78. The smallest absolute Gasteiger partial charge is 0.316 e. The molecule has 1 unspecified atom stereocenters. The van der Waals surface area contributed by atoms with Gasteiger partial charge in [-0.15, -0.1) is 0 Å². The number of carbonyl (C=O) groups excluding carboxylic acids is 2. The van der Waals surface area contributed by atoms with E-state index in [1.54, 1.807) is 13.8 Å². The van der Waals surface area contributed by atoms with Crippen molar-refractivity contribution in [3.8, 4) is 5.75 Å². The van der Waals surface area contributed by atoms with E-state index < -0.39 is 23.5 Å². The van der Waals surface area contributed by atoms with Gasteiger partial charge in [0.25, 0.3) is 0 Å². The highest BCUT2D eigenvalue weighted by atomic mass is 19.1. The Bertz CT molecular complexity index is 471. The molecule has 0 spiro atoms. The molecule has 104 valence electrons. The number of methoxy groups -OCH3 is 1. The number of ketones is 1. The van der Waals surface area contributed by atoms with Gasteiger partial charge in [0.15, 0.2) is 17.3 Å². The molecular formula is C14H17FO4. The van der Waals surface area contributed by atoms with Crippen LogP contribution in [0.5, 0.6) is 5.75 Å². The minimum atomic E-state index is -0.901. The van der Waals surface area contributed by atoms with E-state index in [4.69, 9.17) is 4.74 Å². The van der Waals surface area contributed by atoms with Gasteiger partial charge in [0.05, 0.1) is 13.7 Å². The Labute approximate surface area is 111 Å². The lowest BCUT2D eigenvalue weighted by molar-refractivity contribution is -0.143. The Morgan fingerprint density at radius 1 is 1.32 bits per heavy atom. The molecule has 0 aliphatic heterocycles. The molecule has 0 aliphatic rings. The van der Waals surface area contributed by atoms with Crippen LogP contribution in [0.1, 0.15) is 30.6 Å². The quantitative estimate of drug-likeness (QED) is 0.452. The Kier molecular flexibility index (Phi) is 5.48. The van der Waals surface area contributed by atoms with Gasteiger partial charge in [0.1, 0.15) is 5.92 Å². The lowest BCUT2D eigenvalue weighted by atomic mass is 9.95. The summed E-state index contributed by atoms with van der Waals surface area (Å²) in [5.41, 5.74) is 0.137. The maximum absolute atomic E-state index is 13.7. The number of Topliss-reactive ketones (excluding diaryl/α,β-unsaturated/α-hetero) is 1. The highest BCUT2D eigenvalue weighted by molar-refractivity contribution is 6.08. The van der Waals surface area contributed by atoms with E-state index in [1.807, 2.05) is 0 Å². The Morgan fingerprint density at radius 2 is 2.00 bits per heavy atom. The van der Waals surface area contributed by atoms with Crippen LogP contribution >= 0.6 is 0 Å². The predicted molar refractivity (Wildman–Crippen MR) is 67.7 cm³/mol. The van der Waals surface area contributed by atoms with E-state index in [0.29, 0.717) is 13.0 Å². The van der Waals surface area contributed by atoms with E-state index in [1.165, 1.54) is 19.2 Å². The van der Waals surface area contributed by atoms with Crippen LogP contribution in [0, 0.1) is 11.7 Å². The van der Waals surface area contributed by atoms with Crippen LogP contribution < -0.4 is 4.74 Å². The molecule has 0 N–H and O–H groups in total. The second-order valence-corrected chi connectivity index (χ2v) is 3.93. The van der Waals surface area contributed by atoms with Crippen molar-refractivity contribution in [1.82, 2.24) is 0 Å². The zero-order valence-corrected chi connectivity index (χ0v) is 11.2. The third kappa shape index (κ3) is 3.53. The van der Waals surface area contributed by atoms with Gasteiger partial charge in [0, 0.05) is 5.56 Å². The molecule has 0 heterocycles. The maximum Gasteiger partial charge on any atom is 0.316 e. The van der Waals surface area contributed by atoms with Crippen molar-refractivity contribution in [2.75, 3.05) is 13.7 Å². The molecule has 0 saturated heterocycles. The lowest BCUT2D eigenvalue weighted by Gasteiger charge is -2.12. The summed E-state index contributed by atoms with van der Waals surface area (Å²) in [5, 5.41) is 0. The van der Waals surface area contributed by atoms with Crippen molar-refractivity contribution < 1.29 is 23.5 Å². The third-order valence-corrected chi connectivity index (χ3v) is 2.73. The largest absolute Gasteiger partial charge is 0.491 e. The zero-order valence-electron chi connectivity index (χ0n) is 11.2. The molecule has 0 aromatic heterocycles. The van der Waals surface area contributed by atoms with Crippen LogP contribution in [-0.2, 0) is 9.53 Å². The summed E-state index contributed by atoms with van der Waals surface area (Å²) >= 11 is 0. The molecule has 1 atom stereocenters. The molecule has 0 saturated carbocycles. The van der Waals surface area contributed by atoms with Gasteiger partial charge >= 0.3 is 5.97 Å². The van der Waals surface area contributed by atoms with Crippen LogP contribution in [0.2, 0.25) is 0 Å². The van der Waals surface area contributed by atoms with Gasteiger partial charge in [-0.2, -0.15) is 0 Å². The van der Waals surface area contributed by atoms with Crippen LogP contribution in [-0.4, -0.2) is 25.5 Å². The highest BCUT2D eigenvalue weighted by Crippen LogP contribution is 2.21. The first-order chi connectivity index (χ1) is 9.04. The van der Waals surface area contributed by atoms with Crippen molar-refractivity contribution in [1.29, 1.82) is 0 Å². The van der Waals surface area contributed by atoms with Crippen molar-refractivity contribution in [3.63, 3.8) is 0 Å². The molecule has 1 aromatic rings. The van der Waals surface area contributed by atoms with Gasteiger partial charge in [-0.1, -0.05) is 6.92 Å². The monoisotopic (exact) mass is 268 g/mol. The van der Waals surface area contributed by atoms with Gasteiger partial charge in [0.2, 0.25) is 0 Å². The maximum atomic E-state index is 13.7. The average molecular weight is 268 g/mol. The number of esters is 1. The number of ether oxygens (including phenoxy) is 2. The Hall–Kier alpha value is -1.91. The fraction of sp³-hybridized carbons (Fsp3) is 0.429. The molecule has 4 nitrogen and oxygen atoms in total. The van der Waals surface area contributed by atoms with Crippen molar-refractivity contribution in [2.45, 2.75) is 20.3 Å². The van der Waals surface area contributed by atoms with Crippen LogP contribution in [0.15, 0.2) is 18.2 Å². The standard InChI is InChI=1S/C14H17FO4/c1-4-10(14(17)18-3)13(16)9-6-7-12(19-5-2)11(15)8-9/h6-8,10H,4-5H2,1-3H3. The second kappa shape index (κ2) is 6.87. The minimum Gasteiger partial charge on any atom is -0.491 e. The van der Waals surface area contributed by atoms with E-state index in [-0.39, 0.29) is 11.3 Å². The minimum absolute atomic E-state index is 0.0881. The van der Waals surface area contributed by atoms with Gasteiger partial charge in [-0.3, -0.25) is 9.59 Å². The van der Waals surface area contributed by atoms with Crippen LogP contribution in [0.25, 0.3) is 0 Å². The van der Waals surface area contributed by atoms with E-state index >= 15 is 0 Å². The van der Waals surface area contributed by atoms with Gasteiger partial charge in [-0.25, -0.2) is 4.39 Å². The van der Waals surface area contributed by atoms with E-state index in [9.17, 15) is 14.0 Å². The second-order valence-electron chi connectivity index (χ2n) is 3.93. The van der Waals surface area contributed by atoms with Gasteiger partial charge in [-0.05, 0) is 31.5 Å². The zero-order chi connectivity index (χ0) is 14.4.